The van der Waals surface area contributed by atoms with Crippen molar-refractivity contribution in [3.8, 4) is 0 Å². The highest BCUT2D eigenvalue weighted by atomic mass is 16.5. The lowest BCUT2D eigenvalue weighted by Gasteiger charge is -1.90. The molecule has 0 aliphatic carbocycles. The van der Waals surface area contributed by atoms with Crippen molar-refractivity contribution in [2.75, 3.05) is 5.73 Å². The van der Waals surface area contributed by atoms with E-state index in [1.807, 2.05) is 0 Å². The van der Waals surface area contributed by atoms with E-state index in [1.54, 1.807) is 0 Å². The minimum atomic E-state index is -1.19. The average Bonchev–Trinajstić information content (AvgIpc) is 2.30. The van der Waals surface area contributed by atoms with Gasteiger partial charge in [-0.1, -0.05) is 5.16 Å². The summed E-state index contributed by atoms with van der Waals surface area (Å²) in [5.74, 6) is -1.23. The predicted octanol–water partition coefficient (Wildman–Crippen LogP) is -0.586. The molecule has 0 saturated heterocycles. The number of hydrogen-bond donors (Lipinski definition) is 3. The summed E-state index contributed by atoms with van der Waals surface area (Å²) in [6, 6.07) is 0. The Hall–Kier alpha value is -1.56. The summed E-state index contributed by atoms with van der Waals surface area (Å²) >= 11 is 0. The summed E-state index contributed by atoms with van der Waals surface area (Å²) in [5, 5.41) is 11.7. The highest BCUT2D eigenvalue weighted by Crippen LogP contribution is 2.14. The molecule has 1 aromatic rings. The monoisotopic (exact) mass is 157 g/mol. The normalized spacial score (nSPS) is 9.91. The van der Waals surface area contributed by atoms with Gasteiger partial charge >= 0.3 is 5.97 Å². The maximum Gasteiger partial charge on any atom is 0.358 e. The third kappa shape index (κ3) is 1.15. The number of rotatable bonds is 2. The maximum absolute atomic E-state index is 10.4. The van der Waals surface area contributed by atoms with Gasteiger partial charge in [0.2, 0.25) is 5.88 Å². The van der Waals surface area contributed by atoms with E-state index in [-0.39, 0.29) is 23.7 Å². The van der Waals surface area contributed by atoms with E-state index in [0.29, 0.717) is 0 Å². The van der Waals surface area contributed by atoms with Gasteiger partial charge in [0.05, 0.1) is 5.56 Å². The van der Waals surface area contributed by atoms with Crippen molar-refractivity contribution in [2.45, 2.75) is 6.54 Å². The van der Waals surface area contributed by atoms with E-state index in [0.717, 1.165) is 0 Å². The Bertz CT molecular complexity index is 281. The number of anilines is 1. The number of carbonyl (C=O) groups is 1. The number of nitrogen functional groups attached to an aromatic ring is 1. The van der Waals surface area contributed by atoms with E-state index in [4.69, 9.17) is 16.6 Å². The third-order valence-electron chi connectivity index (χ3n) is 1.23. The van der Waals surface area contributed by atoms with Crippen LogP contribution in [0.15, 0.2) is 4.52 Å². The van der Waals surface area contributed by atoms with Gasteiger partial charge in [-0.2, -0.15) is 0 Å². The summed E-state index contributed by atoms with van der Waals surface area (Å²) in [7, 11) is 0. The first-order valence-corrected chi connectivity index (χ1v) is 2.84. The SMILES string of the molecule is NCc1c(C(=O)O)noc1N. The van der Waals surface area contributed by atoms with Crippen molar-refractivity contribution >= 4 is 11.9 Å². The molecule has 6 nitrogen and oxygen atoms in total. The van der Waals surface area contributed by atoms with Crippen LogP contribution in [0.4, 0.5) is 5.88 Å². The molecule has 1 aromatic heterocycles. The van der Waals surface area contributed by atoms with Gasteiger partial charge in [0.25, 0.3) is 0 Å². The van der Waals surface area contributed by atoms with Gasteiger partial charge in [-0.25, -0.2) is 4.79 Å². The second kappa shape index (κ2) is 2.59. The second-order valence-electron chi connectivity index (χ2n) is 1.88. The van der Waals surface area contributed by atoms with Crippen molar-refractivity contribution in [3.05, 3.63) is 11.3 Å². The average molecular weight is 157 g/mol. The summed E-state index contributed by atoms with van der Waals surface area (Å²) < 4.78 is 4.41. The zero-order valence-corrected chi connectivity index (χ0v) is 5.57. The Balaban J connectivity index is 3.15. The van der Waals surface area contributed by atoms with Crippen molar-refractivity contribution < 1.29 is 14.4 Å². The van der Waals surface area contributed by atoms with Crippen LogP contribution in [0.2, 0.25) is 0 Å². The summed E-state index contributed by atoms with van der Waals surface area (Å²) in [6.45, 7) is 0.0109. The minimum Gasteiger partial charge on any atom is -0.476 e. The van der Waals surface area contributed by atoms with E-state index >= 15 is 0 Å². The van der Waals surface area contributed by atoms with Crippen LogP contribution in [0.5, 0.6) is 0 Å². The summed E-state index contributed by atoms with van der Waals surface area (Å²) in [5.41, 5.74) is 10.4. The molecule has 60 valence electrons. The molecule has 0 fully saturated rings. The number of nitrogens with two attached hydrogens (primary N) is 2. The van der Waals surface area contributed by atoms with Gasteiger partial charge in [0.15, 0.2) is 5.69 Å². The van der Waals surface area contributed by atoms with Crippen LogP contribution in [0.1, 0.15) is 16.1 Å². The maximum atomic E-state index is 10.4. The Kier molecular flexibility index (Phi) is 1.77. The number of hydrogen-bond acceptors (Lipinski definition) is 5. The molecule has 0 amide bonds. The van der Waals surface area contributed by atoms with Gasteiger partial charge < -0.3 is 21.1 Å². The van der Waals surface area contributed by atoms with Gasteiger partial charge in [-0.05, 0) is 0 Å². The molecule has 0 unspecified atom stereocenters. The van der Waals surface area contributed by atoms with Gasteiger partial charge in [-0.3, -0.25) is 0 Å². The molecule has 5 N–H and O–H groups in total. The van der Waals surface area contributed by atoms with Crippen molar-refractivity contribution in [2.24, 2.45) is 5.73 Å². The fraction of sp³-hybridized carbons (Fsp3) is 0.200. The minimum absolute atomic E-state index is 0.0109. The Labute approximate surface area is 61.8 Å². The van der Waals surface area contributed by atoms with Crippen molar-refractivity contribution in [1.29, 1.82) is 0 Å². The highest BCUT2D eigenvalue weighted by Gasteiger charge is 2.17. The first-order valence-electron chi connectivity index (χ1n) is 2.84. The molecular formula is C5H7N3O3. The lowest BCUT2D eigenvalue weighted by molar-refractivity contribution is 0.0685. The summed E-state index contributed by atoms with van der Waals surface area (Å²) in [6.07, 6.45) is 0. The summed E-state index contributed by atoms with van der Waals surface area (Å²) in [4.78, 5) is 10.4. The Morgan fingerprint density at radius 2 is 2.36 bits per heavy atom. The standard InChI is InChI=1S/C5H7N3O3/c6-1-2-3(5(9)10)8-11-4(2)7/h1,6-7H2,(H,9,10). The molecule has 0 radical (unpaired) electrons. The zero-order valence-electron chi connectivity index (χ0n) is 5.57. The Morgan fingerprint density at radius 3 is 2.73 bits per heavy atom. The van der Waals surface area contributed by atoms with Crippen LogP contribution in [-0.2, 0) is 6.54 Å². The molecule has 6 heteroatoms. The third-order valence-corrected chi connectivity index (χ3v) is 1.23. The van der Waals surface area contributed by atoms with E-state index in [9.17, 15) is 4.79 Å². The van der Waals surface area contributed by atoms with Crippen LogP contribution >= 0.6 is 0 Å². The van der Waals surface area contributed by atoms with Crippen LogP contribution in [0.3, 0.4) is 0 Å². The fourth-order valence-electron chi connectivity index (χ4n) is 0.687. The quantitative estimate of drug-likeness (QED) is 0.528. The molecule has 0 bridgehead atoms. The van der Waals surface area contributed by atoms with Crippen molar-refractivity contribution in [1.82, 2.24) is 5.16 Å². The molecule has 1 rings (SSSR count). The number of aromatic carboxylic acids is 1. The van der Waals surface area contributed by atoms with Crippen LogP contribution < -0.4 is 11.5 Å². The van der Waals surface area contributed by atoms with E-state index in [1.165, 1.54) is 0 Å². The largest absolute Gasteiger partial charge is 0.476 e. The predicted molar refractivity (Wildman–Crippen MR) is 35.8 cm³/mol. The van der Waals surface area contributed by atoms with Crippen molar-refractivity contribution in [3.63, 3.8) is 0 Å². The van der Waals surface area contributed by atoms with E-state index < -0.39 is 5.97 Å². The number of carboxylic acid groups (broad SMARTS) is 1. The molecule has 0 aliphatic rings. The molecule has 11 heavy (non-hydrogen) atoms. The zero-order chi connectivity index (χ0) is 8.43. The Morgan fingerprint density at radius 1 is 1.73 bits per heavy atom. The number of aromatic nitrogens is 1. The fourth-order valence-corrected chi connectivity index (χ4v) is 0.687. The topological polar surface area (TPSA) is 115 Å². The smallest absolute Gasteiger partial charge is 0.358 e. The van der Waals surface area contributed by atoms with Crippen LogP contribution in [0, 0.1) is 0 Å². The molecule has 0 aromatic carbocycles. The highest BCUT2D eigenvalue weighted by molar-refractivity contribution is 5.88. The van der Waals surface area contributed by atoms with E-state index in [2.05, 4.69) is 9.68 Å². The molecule has 0 atom stereocenters. The molecule has 0 aliphatic heterocycles. The number of carboxylic acids is 1. The molecular weight excluding hydrogens is 150 g/mol. The van der Waals surface area contributed by atoms with Gasteiger partial charge in [0.1, 0.15) is 0 Å². The lowest BCUT2D eigenvalue weighted by Crippen LogP contribution is -2.06. The van der Waals surface area contributed by atoms with Crippen LogP contribution in [0.25, 0.3) is 0 Å². The lowest BCUT2D eigenvalue weighted by atomic mass is 10.2. The van der Waals surface area contributed by atoms with Gasteiger partial charge in [0, 0.05) is 6.54 Å². The van der Waals surface area contributed by atoms with Crippen LogP contribution in [-0.4, -0.2) is 16.2 Å². The molecule has 1 heterocycles. The molecule has 0 spiro atoms. The first kappa shape index (κ1) is 7.55. The molecule has 0 saturated carbocycles. The van der Waals surface area contributed by atoms with Gasteiger partial charge in [-0.15, -0.1) is 0 Å². The number of nitrogens with zero attached hydrogens (tertiary/aromatic N) is 1. The second-order valence-corrected chi connectivity index (χ2v) is 1.88. The first-order chi connectivity index (χ1) is 5.16.